The molecule has 80 valence electrons. The van der Waals surface area contributed by atoms with E-state index in [1.807, 2.05) is 11.8 Å². The Morgan fingerprint density at radius 2 is 2.00 bits per heavy atom. The lowest BCUT2D eigenvalue weighted by Crippen LogP contribution is -2.59. The van der Waals surface area contributed by atoms with Gasteiger partial charge in [0.05, 0.1) is 6.54 Å². The SMILES string of the molecule is CC1CN(C(=O)O)CC(O)N1C1CC1. The van der Waals surface area contributed by atoms with E-state index < -0.39 is 12.3 Å². The van der Waals surface area contributed by atoms with Gasteiger partial charge in [0, 0.05) is 18.6 Å². The molecule has 2 rings (SSSR count). The maximum atomic E-state index is 10.7. The largest absolute Gasteiger partial charge is 0.465 e. The highest BCUT2D eigenvalue weighted by Crippen LogP contribution is 2.32. The van der Waals surface area contributed by atoms with E-state index in [2.05, 4.69) is 0 Å². The Kier molecular flexibility index (Phi) is 2.36. The van der Waals surface area contributed by atoms with Gasteiger partial charge < -0.3 is 15.1 Å². The Morgan fingerprint density at radius 1 is 1.36 bits per heavy atom. The smallest absolute Gasteiger partial charge is 0.407 e. The molecule has 0 aromatic carbocycles. The van der Waals surface area contributed by atoms with E-state index in [0.717, 1.165) is 12.8 Å². The minimum atomic E-state index is -0.939. The van der Waals surface area contributed by atoms with Crippen molar-refractivity contribution in [1.82, 2.24) is 9.80 Å². The number of rotatable bonds is 1. The Hall–Kier alpha value is -0.810. The first-order valence-electron chi connectivity index (χ1n) is 5.03. The molecule has 5 nitrogen and oxygen atoms in total. The number of carboxylic acid groups (broad SMARTS) is 1. The number of hydrogen-bond acceptors (Lipinski definition) is 3. The third kappa shape index (κ3) is 1.69. The van der Waals surface area contributed by atoms with E-state index >= 15 is 0 Å². The first kappa shape index (κ1) is 9.73. The molecule has 1 amide bonds. The summed E-state index contributed by atoms with van der Waals surface area (Å²) >= 11 is 0. The second-order valence-corrected chi connectivity index (χ2v) is 4.20. The predicted octanol–water partition coefficient (Wildman–Crippen LogP) is 0.151. The molecule has 0 spiro atoms. The molecule has 0 aromatic heterocycles. The van der Waals surface area contributed by atoms with Gasteiger partial charge >= 0.3 is 6.09 Å². The topological polar surface area (TPSA) is 64.0 Å². The van der Waals surface area contributed by atoms with Crippen molar-refractivity contribution >= 4 is 6.09 Å². The summed E-state index contributed by atoms with van der Waals surface area (Å²) in [4.78, 5) is 14.1. The summed E-state index contributed by atoms with van der Waals surface area (Å²) in [5.74, 6) is 0. The summed E-state index contributed by atoms with van der Waals surface area (Å²) in [6.07, 6.45) is 0.705. The first-order valence-corrected chi connectivity index (χ1v) is 5.03. The van der Waals surface area contributed by atoms with Crippen molar-refractivity contribution in [3.05, 3.63) is 0 Å². The van der Waals surface area contributed by atoms with Crippen LogP contribution >= 0.6 is 0 Å². The molecule has 2 N–H and O–H groups in total. The number of piperazine rings is 1. The Labute approximate surface area is 82.9 Å². The fourth-order valence-corrected chi connectivity index (χ4v) is 2.21. The monoisotopic (exact) mass is 200 g/mol. The number of aliphatic hydroxyl groups excluding tert-OH is 1. The zero-order chi connectivity index (χ0) is 10.3. The molecule has 0 bridgehead atoms. The van der Waals surface area contributed by atoms with Gasteiger partial charge in [-0.15, -0.1) is 0 Å². The highest BCUT2D eigenvalue weighted by Gasteiger charge is 2.41. The van der Waals surface area contributed by atoms with Crippen molar-refractivity contribution in [3.63, 3.8) is 0 Å². The summed E-state index contributed by atoms with van der Waals surface area (Å²) in [5.41, 5.74) is 0. The van der Waals surface area contributed by atoms with Crippen LogP contribution < -0.4 is 0 Å². The van der Waals surface area contributed by atoms with Crippen molar-refractivity contribution in [3.8, 4) is 0 Å². The lowest BCUT2D eigenvalue weighted by Gasteiger charge is -2.42. The number of amides is 1. The summed E-state index contributed by atoms with van der Waals surface area (Å²) in [6, 6.07) is 0.610. The van der Waals surface area contributed by atoms with Gasteiger partial charge in [-0.05, 0) is 19.8 Å². The molecular formula is C9H16N2O3. The zero-order valence-electron chi connectivity index (χ0n) is 8.26. The van der Waals surface area contributed by atoms with Crippen molar-refractivity contribution in [2.24, 2.45) is 0 Å². The molecular weight excluding hydrogens is 184 g/mol. The Balaban J connectivity index is 2.01. The highest BCUT2D eigenvalue weighted by molar-refractivity contribution is 5.65. The summed E-state index contributed by atoms with van der Waals surface area (Å²) in [7, 11) is 0. The molecule has 1 saturated heterocycles. The van der Waals surface area contributed by atoms with Crippen LogP contribution in [0.5, 0.6) is 0 Å². The summed E-state index contributed by atoms with van der Waals surface area (Å²) < 4.78 is 0. The highest BCUT2D eigenvalue weighted by atomic mass is 16.4. The zero-order valence-corrected chi connectivity index (χ0v) is 8.26. The summed E-state index contributed by atoms with van der Waals surface area (Å²) in [5, 5.41) is 18.6. The van der Waals surface area contributed by atoms with Crippen LogP contribution in [0.3, 0.4) is 0 Å². The van der Waals surface area contributed by atoms with Crippen LogP contribution in [0.1, 0.15) is 19.8 Å². The minimum absolute atomic E-state index is 0.127. The van der Waals surface area contributed by atoms with Crippen LogP contribution in [0.25, 0.3) is 0 Å². The second-order valence-electron chi connectivity index (χ2n) is 4.20. The Bertz CT molecular complexity index is 230. The van der Waals surface area contributed by atoms with Crippen LogP contribution in [0.2, 0.25) is 0 Å². The molecule has 2 atom stereocenters. The number of β-amino-alcohol motifs (C(OH)–C–C–N with tert-alkyl or cyclic N) is 1. The minimum Gasteiger partial charge on any atom is -0.465 e. The standard InChI is InChI=1S/C9H16N2O3/c1-6-4-10(9(13)14)5-8(12)11(6)7-2-3-7/h6-8,12H,2-5H2,1H3,(H,13,14). The van der Waals surface area contributed by atoms with Gasteiger partial charge in [-0.3, -0.25) is 4.90 Å². The second kappa shape index (κ2) is 3.40. The Morgan fingerprint density at radius 3 is 2.43 bits per heavy atom. The third-order valence-corrected chi connectivity index (χ3v) is 2.96. The fraction of sp³-hybridized carbons (Fsp3) is 0.889. The molecule has 1 aliphatic carbocycles. The first-order chi connectivity index (χ1) is 6.59. The molecule has 1 heterocycles. The van der Waals surface area contributed by atoms with Gasteiger partial charge in [0.1, 0.15) is 6.23 Å². The average molecular weight is 200 g/mol. The third-order valence-electron chi connectivity index (χ3n) is 2.96. The molecule has 0 aromatic rings. The van der Waals surface area contributed by atoms with Gasteiger partial charge in [-0.2, -0.15) is 0 Å². The molecule has 5 heteroatoms. The van der Waals surface area contributed by atoms with Gasteiger partial charge in [0.25, 0.3) is 0 Å². The van der Waals surface area contributed by atoms with Crippen molar-refractivity contribution in [1.29, 1.82) is 0 Å². The van der Waals surface area contributed by atoms with E-state index in [1.165, 1.54) is 4.90 Å². The van der Waals surface area contributed by atoms with E-state index in [0.29, 0.717) is 12.6 Å². The molecule has 1 saturated carbocycles. The van der Waals surface area contributed by atoms with Crippen molar-refractivity contribution < 1.29 is 15.0 Å². The van der Waals surface area contributed by atoms with Crippen molar-refractivity contribution in [2.75, 3.05) is 13.1 Å². The number of hydrogen-bond donors (Lipinski definition) is 2. The van der Waals surface area contributed by atoms with Crippen LogP contribution in [0.15, 0.2) is 0 Å². The maximum Gasteiger partial charge on any atom is 0.407 e. The number of carbonyl (C=O) groups is 1. The molecule has 0 radical (unpaired) electrons. The van der Waals surface area contributed by atoms with Gasteiger partial charge in [0.2, 0.25) is 0 Å². The fourth-order valence-electron chi connectivity index (χ4n) is 2.21. The van der Waals surface area contributed by atoms with Crippen molar-refractivity contribution in [2.45, 2.75) is 38.1 Å². The molecule has 1 aliphatic heterocycles. The summed E-state index contributed by atoms with van der Waals surface area (Å²) in [6.45, 7) is 2.69. The number of nitrogens with zero attached hydrogens (tertiary/aromatic N) is 2. The van der Waals surface area contributed by atoms with E-state index in [4.69, 9.17) is 5.11 Å². The van der Waals surface area contributed by atoms with Crippen LogP contribution in [0.4, 0.5) is 4.79 Å². The quantitative estimate of drug-likeness (QED) is 0.632. The van der Waals surface area contributed by atoms with Crippen LogP contribution in [0, 0.1) is 0 Å². The average Bonchev–Trinajstić information content (AvgIpc) is 2.86. The van der Waals surface area contributed by atoms with Crippen LogP contribution in [-0.4, -0.2) is 57.5 Å². The lowest BCUT2D eigenvalue weighted by atomic mass is 10.2. The van der Waals surface area contributed by atoms with E-state index in [1.54, 1.807) is 0 Å². The molecule has 14 heavy (non-hydrogen) atoms. The lowest BCUT2D eigenvalue weighted by molar-refractivity contribution is -0.0805. The van der Waals surface area contributed by atoms with Crippen LogP contribution in [-0.2, 0) is 0 Å². The molecule has 2 unspecified atom stereocenters. The van der Waals surface area contributed by atoms with E-state index in [9.17, 15) is 9.90 Å². The predicted molar refractivity (Wildman–Crippen MR) is 49.9 cm³/mol. The van der Waals surface area contributed by atoms with Gasteiger partial charge in [-0.1, -0.05) is 0 Å². The van der Waals surface area contributed by atoms with E-state index in [-0.39, 0.29) is 12.6 Å². The van der Waals surface area contributed by atoms with Gasteiger partial charge in [0.15, 0.2) is 0 Å². The normalized spacial score (nSPS) is 34.6. The van der Waals surface area contributed by atoms with Gasteiger partial charge in [-0.25, -0.2) is 4.79 Å². The molecule has 2 aliphatic rings. The number of aliphatic hydroxyl groups is 1. The molecule has 2 fully saturated rings. The maximum absolute atomic E-state index is 10.7.